The van der Waals surface area contributed by atoms with Crippen molar-refractivity contribution in [3.05, 3.63) is 67.0 Å². The third-order valence-electron chi connectivity index (χ3n) is 5.47. The van der Waals surface area contributed by atoms with E-state index in [1.165, 1.54) is 0 Å². The number of likely N-dealkylation sites (tertiary alicyclic amines) is 1. The van der Waals surface area contributed by atoms with Gasteiger partial charge in [0.05, 0.1) is 29.5 Å². The second-order valence-corrected chi connectivity index (χ2v) is 7.64. The molecule has 1 saturated heterocycles. The number of rotatable bonds is 8. The number of benzene rings is 1. The van der Waals surface area contributed by atoms with Gasteiger partial charge in [-0.15, -0.1) is 0 Å². The van der Waals surface area contributed by atoms with Crippen molar-refractivity contribution in [3.63, 3.8) is 0 Å². The predicted molar refractivity (Wildman–Crippen MR) is 120 cm³/mol. The summed E-state index contributed by atoms with van der Waals surface area (Å²) >= 11 is 0. The van der Waals surface area contributed by atoms with E-state index in [4.69, 9.17) is 4.98 Å². The molecule has 1 aliphatic heterocycles. The molecule has 0 bridgehead atoms. The van der Waals surface area contributed by atoms with Crippen LogP contribution in [-0.2, 0) is 6.54 Å². The van der Waals surface area contributed by atoms with Crippen LogP contribution in [0, 0.1) is 0 Å². The first kappa shape index (κ1) is 19.4. The summed E-state index contributed by atoms with van der Waals surface area (Å²) in [7, 11) is 0. The molecule has 0 aliphatic carbocycles. The van der Waals surface area contributed by atoms with E-state index in [0.29, 0.717) is 18.5 Å². The summed E-state index contributed by atoms with van der Waals surface area (Å²) in [5.74, 6) is 1.56. The maximum absolute atomic E-state index is 4.86. The van der Waals surface area contributed by atoms with Gasteiger partial charge in [-0.2, -0.15) is 0 Å². The minimum Gasteiger partial charge on any atom is -0.353 e. The van der Waals surface area contributed by atoms with E-state index in [-0.39, 0.29) is 0 Å². The monoisotopic (exact) mass is 415 g/mol. The van der Waals surface area contributed by atoms with Crippen LogP contribution >= 0.6 is 0 Å². The number of aromatic nitrogens is 6. The Bertz CT molecular complexity index is 1110. The molecule has 1 atom stereocenters. The smallest absolute Gasteiger partial charge is 0.222 e. The average Bonchev–Trinajstić information content (AvgIpc) is 3.40. The summed E-state index contributed by atoms with van der Waals surface area (Å²) in [6, 6.07) is 10.4. The van der Waals surface area contributed by atoms with E-state index in [1.54, 1.807) is 31.0 Å². The van der Waals surface area contributed by atoms with Gasteiger partial charge in [-0.25, -0.2) is 15.0 Å². The number of imidazole rings is 1. The SMILES string of the molecule is c1cnc(NCCN2CCC(Nc3nc4ccccc4n3Cc3cnccn3)C2)nc1. The summed E-state index contributed by atoms with van der Waals surface area (Å²) in [4.78, 5) is 24.4. The summed E-state index contributed by atoms with van der Waals surface area (Å²) in [5, 5.41) is 6.95. The van der Waals surface area contributed by atoms with Gasteiger partial charge in [0.15, 0.2) is 0 Å². The average molecular weight is 416 g/mol. The Morgan fingerprint density at radius 2 is 1.90 bits per heavy atom. The van der Waals surface area contributed by atoms with Crippen molar-refractivity contribution in [2.24, 2.45) is 0 Å². The van der Waals surface area contributed by atoms with Crippen LogP contribution in [0.15, 0.2) is 61.3 Å². The van der Waals surface area contributed by atoms with Gasteiger partial charge in [0.1, 0.15) is 0 Å². The third-order valence-corrected chi connectivity index (χ3v) is 5.47. The first-order valence-corrected chi connectivity index (χ1v) is 10.5. The van der Waals surface area contributed by atoms with Crippen molar-refractivity contribution in [1.29, 1.82) is 0 Å². The zero-order chi connectivity index (χ0) is 20.9. The van der Waals surface area contributed by atoms with Gasteiger partial charge in [-0.1, -0.05) is 12.1 Å². The highest BCUT2D eigenvalue weighted by Gasteiger charge is 2.24. The van der Waals surface area contributed by atoms with E-state index in [9.17, 15) is 0 Å². The number of nitrogens with zero attached hydrogens (tertiary/aromatic N) is 7. The maximum Gasteiger partial charge on any atom is 0.222 e. The summed E-state index contributed by atoms with van der Waals surface area (Å²) in [6.07, 6.45) is 9.80. The molecule has 3 aromatic heterocycles. The Morgan fingerprint density at radius 3 is 2.77 bits per heavy atom. The van der Waals surface area contributed by atoms with Crippen molar-refractivity contribution >= 4 is 22.9 Å². The number of fused-ring (bicyclic) bond motifs is 1. The van der Waals surface area contributed by atoms with Crippen LogP contribution in [0.2, 0.25) is 0 Å². The number of hydrogen-bond acceptors (Lipinski definition) is 8. The first-order valence-electron chi connectivity index (χ1n) is 10.5. The van der Waals surface area contributed by atoms with E-state index in [0.717, 1.165) is 55.3 Å². The Kier molecular flexibility index (Phi) is 5.66. The van der Waals surface area contributed by atoms with Gasteiger partial charge >= 0.3 is 0 Å². The number of nitrogens with one attached hydrogen (secondary N) is 2. The van der Waals surface area contributed by atoms with Crippen LogP contribution in [0.25, 0.3) is 11.0 Å². The zero-order valence-corrected chi connectivity index (χ0v) is 17.2. The summed E-state index contributed by atoms with van der Waals surface area (Å²) < 4.78 is 2.19. The molecule has 1 aliphatic rings. The Balaban J connectivity index is 1.24. The molecule has 158 valence electrons. The topological polar surface area (TPSA) is 96.7 Å². The van der Waals surface area contributed by atoms with Gasteiger partial charge in [-0.05, 0) is 24.6 Å². The second kappa shape index (κ2) is 9.05. The number of hydrogen-bond donors (Lipinski definition) is 2. The third kappa shape index (κ3) is 4.61. The molecule has 9 nitrogen and oxygen atoms in total. The van der Waals surface area contributed by atoms with E-state index >= 15 is 0 Å². The standard InChI is InChI=1S/C22H25N9/c1-2-5-20-19(4-1)29-22(31(20)16-18-14-23-9-10-24-18)28-17-6-12-30(15-17)13-11-27-21-25-7-3-8-26-21/h1-5,7-10,14,17H,6,11-13,15-16H2,(H,28,29)(H,25,26,27). The minimum atomic E-state index is 0.352. The van der Waals surface area contributed by atoms with Gasteiger partial charge in [0.2, 0.25) is 11.9 Å². The summed E-state index contributed by atoms with van der Waals surface area (Å²) in [6.45, 7) is 4.44. The molecule has 1 fully saturated rings. The fraction of sp³-hybridized carbons (Fsp3) is 0.318. The van der Waals surface area contributed by atoms with E-state index in [1.807, 2.05) is 24.3 Å². The molecule has 0 saturated carbocycles. The second-order valence-electron chi connectivity index (χ2n) is 7.64. The number of para-hydroxylation sites is 2. The number of anilines is 2. The minimum absolute atomic E-state index is 0.352. The highest BCUT2D eigenvalue weighted by Crippen LogP contribution is 2.23. The molecule has 9 heteroatoms. The Hall–Kier alpha value is -3.59. The lowest BCUT2D eigenvalue weighted by Gasteiger charge is -2.18. The van der Waals surface area contributed by atoms with E-state index < -0.39 is 0 Å². The highest BCUT2D eigenvalue weighted by atomic mass is 15.3. The normalized spacial score (nSPS) is 16.6. The highest BCUT2D eigenvalue weighted by molar-refractivity contribution is 5.78. The van der Waals surface area contributed by atoms with Gasteiger partial charge in [-0.3, -0.25) is 14.9 Å². The first-order chi connectivity index (χ1) is 15.3. The van der Waals surface area contributed by atoms with Crippen molar-refractivity contribution in [2.75, 3.05) is 36.8 Å². The lowest BCUT2D eigenvalue weighted by molar-refractivity contribution is 0.349. The predicted octanol–water partition coefficient (Wildman–Crippen LogP) is 2.26. The molecule has 0 amide bonds. The Morgan fingerprint density at radius 1 is 1.00 bits per heavy atom. The maximum atomic E-state index is 4.86. The van der Waals surface area contributed by atoms with Gasteiger partial charge < -0.3 is 15.2 Å². The van der Waals surface area contributed by atoms with Crippen LogP contribution in [0.1, 0.15) is 12.1 Å². The van der Waals surface area contributed by atoms with E-state index in [2.05, 4.69) is 46.1 Å². The lowest BCUT2D eigenvalue weighted by atomic mass is 10.3. The fourth-order valence-corrected chi connectivity index (χ4v) is 3.97. The van der Waals surface area contributed by atoms with Crippen LogP contribution in [0.3, 0.4) is 0 Å². The molecule has 31 heavy (non-hydrogen) atoms. The van der Waals surface area contributed by atoms with Crippen molar-refractivity contribution in [2.45, 2.75) is 19.0 Å². The largest absolute Gasteiger partial charge is 0.353 e. The molecule has 4 heterocycles. The quantitative estimate of drug-likeness (QED) is 0.452. The molecule has 0 radical (unpaired) electrons. The molecular formula is C22H25N9. The fourth-order valence-electron chi connectivity index (χ4n) is 3.97. The van der Waals surface area contributed by atoms with Crippen LogP contribution in [0.4, 0.5) is 11.9 Å². The zero-order valence-electron chi connectivity index (χ0n) is 17.2. The molecule has 5 rings (SSSR count). The van der Waals surface area contributed by atoms with Gasteiger partial charge in [0.25, 0.3) is 0 Å². The lowest BCUT2D eigenvalue weighted by Crippen LogP contribution is -2.30. The molecule has 1 unspecified atom stereocenters. The van der Waals surface area contributed by atoms with Crippen LogP contribution < -0.4 is 10.6 Å². The molecule has 0 spiro atoms. The van der Waals surface area contributed by atoms with Crippen molar-refractivity contribution in [3.8, 4) is 0 Å². The molecule has 1 aromatic carbocycles. The van der Waals surface area contributed by atoms with Gasteiger partial charge in [0, 0.05) is 57.0 Å². The van der Waals surface area contributed by atoms with Crippen LogP contribution in [0.5, 0.6) is 0 Å². The Labute approximate surface area is 180 Å². The van der Waals surface area contributed by atoms with Crippen molar-refractivity contribution < 1.29 is 0 Å². The van der Waals surface area contributed by atoms with Crippen LogP contribution in [-0.4, -0.2) is 66.6 Å². The molecule has 2 N–H and O–H groups in total. The van der Waals surface area contributed by atoms with Crippen molar-refractivity contribution in [1.82, 2.24) is 34.4 Å². The molecular weight excluding hydrogens is 390 g/mol. The summed E-state index contributed by atoms with van der Waals surface area (Å²) in [5.41, 5.74) is 2.99. The molecule has 4 aromatic rings.